The fraction of sp³-hybridized carbons (Fsp3) is 0.400. The van der Waals surface area contributed by atoms with Gasteiger partial charge in [0.25, 0.3) is 0 Å². The first-order valence-corrected chi connectivity index (χ1v) is 9.78. The van der Waals surface area contributed by atoms with Gasteiger partial charge in [0, 0.05) is 47.9 Å². The molecule has 4 heteroatoms. The summed E-state index contributed by atoms with van der Waals surface area (Å²) in [6.45, 7) is 4.11. The van der Waals surface area contributed by atoms with Gasteiger partial charge in [0.2, 0.25) is 0 Å². The van der Waals surface area contributed by atoms with Crippen LogP contribution < -0.4 is 4.90 Å². The number of aliphatic hydroxyl groups excluding tert-OH is 1. The third-order valence-electron chi connectivity index (χ3n) is 5.41. The van der Waals surface area contributed by atoms with E-state index in [-0.39, 0.29) is 12.1 Å². The summed E-state index contributed by atoms with van der Waals surface area (Å²) in [6, 6.07) is 17.4. The fourth-order valence-electron chi connectivity index (χ4n) is 4.05. The average molecular weight is 434 g/mol. The predicted octanol–water partition coefficient (Wildman–Crippen LogP) is 2.94. The third-order valence-corrected chi connectivity index (χ3v) is 6.42. The van der Waals surface area contributed by atoms with Crippen molar-refractivity contribution in [2.24, 2.45) is 0 Å². The molecular formula is C20H23IN2O. The number of piperazine rings is 1. The van der Waals surface area contributed by atoms with Crippen molar-refractivity contribution in [2.45, 2.75) is 25.0 Å². The van der Waals surface area contributed by atoms with Crippen LogP contribution in [-0.2, 0) is 12.8 Å². The Morgan fingerprint density at radius 3 is 2.38 bits per heavy atom. The zero-order chi connectivity index (χ0) is 16.5. The van der Waals surface area contributed by atoms with Crippen LogP contribution in [0.3, 0.4) is 0 Å². The molecule has 0 saturated carbocycles. The molecule has 2 aliphatic rings. The van der Waals surface area contributed by atoms with Gasteiger partial charge in [-0.25, -0.2) is 0 Å². The SMILES string of the molecule is O[C@H]1Cc2cccc(I)c2C[C@@H]1N1CCN(c2ccccc2)CC1. The van der Waals surface area contributed by atoms with Crippen molar-refractivity contribution in [1.29, 1.82) is 0 Å². The van der Waals surface area contributed by atoms with Crippen molar-refractivity contribution in [3.63, 3.8) is 0 Å². The van der Waals surface area contributed by atoms with Gasteiger partial charge < -0.3 is 10.0 Å². The smallest absolute Gasteiger partial charge is 0.0739 e. The number of halogens is 1. The number of rotatable bonds is 2. The van der Waals surface area contributed by atoms with E-state index in [9.17, 15) is 5.11 Å². The largest absolute Gasteiger partial charge is 0.391 e. The summed E-state index contributed by atoms with van der Waals surface area (Å²) in [5.41, 5.74) is 4.08. The Kier molecular flexibility index (Phi) is 4.79. The van der Waals surface area contributed by atoms with E-state index in [0.29, 0.717) is 0 Å². The van der Waals surface area contributed by atoms with E-state index >= 15 is 0 Å². The molecule has 1 heterocycles. The van der Waals surface area contributed by atoms with E-state index < -0.39 is 0 Å². The number of anilines is 1. The zero-order valence-corrected chi connectivity index (χ0v) is 15.9. The van der Waals surface area contributed by atoms with Crippen molar-refractivity contribution < 1.29 is 5.11 Å². The Balaban J connectivity index is 1.45. The van der Waals surface area contributed by atoms with Crippen LogP contribution in [0.4, 0.5) is 5.69 Å². The standard InChI is InChI=1S/C20H23IN2O/c21-18-8-4-5-15-13-20(24)19(14-17(15)18)23-11-9-22(10-12-23)16-6-2-1-3-7-16/h1-8,19-20,24H,9-14H2/t19-,20-/m0/s1. The maximum absolute atomic E-state index is 10.7. The van der Waals surface area contributed by atoms with E-state index in [1.807, 2.05) is 0 Å². The van der Waals surface area contributed by atoms with E-state index in [2.05, 4.69) is 80.9 Å². The van der Waals surface area contributed by atoms with Gasteiger partial charge in [-0.3, -0.25) is 4.90 Å². The molecule has 1 N–H and O–H groups in total. The summed E-state index contributed by atoms with van der Waals surface area (Å²) >= 11 is 2.43. The second-order valence-electron chi connectivity index (χ2n) is 6.78. The average Bonchev–Trinajstić information content (AvgIpc) is 2.62. The Morgan fingerprint density at radius 2 is 1.62 bits per heavy atom. The van der Waals surface area contributed by atoms with Gasteiger partial charge in [-0.1, -0.05) is 30.3 Å². The van der Waals surface area contributed by atoms with Crippen molar-refractivity contribution >= 4 is 28.3 Å². The first kappa shape index (κ1) is 16.4. The van der Waals surface area contributed by atoms with E-state index in [1.54, 1.807) is 0 Å². The minimum Gasteiger partial charge on any atom is -0.391 e. The molecule has 1 fully saturated rings. The first-order chi connectivity index (χ1) is 11.7. The Bertz CT molecular complexity index is 698. The zero-order valence-electron chi connectivity index (χ0n) is 13.7. The van der Waals surface area contributed by atoms with Crippen LogP contribution in [0.2, 0.25) is 0 Å². The molecule has 1 saturated heterocycles. The minimum absolute atomic E-state index is 0.251. The number of hydrogen-bond acceptors (Lipinski definition) is 3. The topological polar surface area (TPSA) is 26.7 Å². The number of para-hydroxylation sites is 1. The van der Waals surface area contributed by atoms with Crippen LogP contribution in [0.5, 0.6) is 0 Å². The second kappa shape index (κ2) is 7.02. The molecule has 0 bridgehead atoms. The van der Waals surface area contributed by atoms with Crippen LogP contribution in [0.1, 0.15) is 11.1 Å². The highest BCUT2D eigenvalue weighted by molar-refractivity contribution is 14.1. The number of benzene rings is 2. The Hall–Kier alpha value is -1.11. The molecule has 0 aromatic heterocycles. The van der Waals surface area contributed by atoms with E-state index in [0.717, 1.165) is 39.0 Å². The minimum atomic E-state index is -0.251. The molecule has 1 aliphatic carbocycles. The monoisotopic (exact) mass is 434 g/mol. The van der Waals surface area contributed by atoms with Gasteiger partial charge in [0.1, 0.15) is 0 Å². The molecule has 126 valence electrons. The van der Waals surface area contributed by atoms with Crippen molar-refractivity contribution in [3.8, 4) is 0 Å². The van der Waals surface area contributed by atoms with Crippen LogP contribution in [0.15, 0.2) is 48.5 Å². The van der Waals surface area contributed by atoms with Crippen molar-refractivity contribution in [1.82, 2.24) is 4.90 Å². The fourth-order valence-corrected chi connectivity index (χ4v) is 4.83. The molecule has 2 aromatic rings. The highest BCUT2D eigenvalue weighted by atomic mass is 127. The van der Waals surface area contributed by atoms with Gasteiger partial charge in [0.05, 0.1) is 6.10 Å². The van der Waals surface area contributed by atoms with Gasteiger partial charge in [-0.2, -0.15) is 0 Å². The number of aliphatic hydroxyl groups is 1. The molecule has 24 heavy (non-hydrogen) atoms. The summed E-state index contributed by atoms with van der Waals surface area (Å²) in [5.74, 6) is 0. The van der Waals surface area contributed by atoms with E-state index in [1.165, 1.54) is 20.4 Å². The van der Waals surface area contributed by atoms with Crippen molar-refractivity contribution in [3.05, 3.63) is 63.2 Å². The molecule has 0 unspecified atom stereocenters. The normalized spacial score (nSPS) is 24.7. The maximum atomic E-state index is 10.7. The summed E-state index contributed by atoms with van der Waals surface area (Å²) in [6.07, 6.45) is 1.51. The van der Waals surface area contributed by atoms with Gasteiger partial charge in [-0.15, -0.1) is 0 Å². The molecule has 0 amide bonds. The van der Waals surface area contributed by atoms with Crippen LogP contribution >= 0.6 is 22.6 Å². The highest BCUT2D eigenvalue weighted by Crippen LogP contribution is 2.29. The lowest BCUT2D eigenvalue weighted by molar-refractivity contribution is 0.0394. The third kappa shape index (κ3) is 3.19. The van der Waals surface area contributed by atoms with Gasteiger partial charge in [0.15, 0.2) is 0 Å². The van der Waals surface area contributed by atoms with Crippen LogP contribution in [0, 0.1) is 3.57 Å². The van der Waals surface area contributed by atoms with Gasteiger partial charge >= 0.3 is 0 Å². The number of hydrogen-bond donors (Lipinski definition) is 1. The predicted molar refractivity (Wildman–Crippen MR) is 107 cm³/mol. The molecule has 2 aromatic carbocycles. The molecule has 3 nitrogen and oxygen atoms in total. The quantitative estimate of drug-likeness (QED) is 0.737. The van der Waals surface area contributed by atoms with Crippen LogP contribution in [-0.4, -0.2) is 48.3 Å². The first-order valence-electron chi connectivity index (χ1n) is 8.71. The summed E-state index contributed by atoms with van der Waals surface area (Å²) in [4.78, 5) is 4.94. The summed E-state index contributed by atoms with van der Waals surface area (Å²) in [5, 5.41) is 10.7. The number of nitrogens with zero attached hydrogens (tertiary/aromatic N) is 2. The molecule has 0 radical (unpaired) electrons. The maximum Gasteiger partial charge on any atom is 0.0739 e. The second-order valence-corrected chi connectivity index (χ2v) is 7.94. The van der Waals surface area contributed by atoms with Crippen LogP contribution in [0.25, 0.3) is 0 Å². The summed E-state index contributed by atoms with van der Waals surface area (Å²) < 4.78 is 1.34. The molecular weight excluding hydrogens is 411 g/mol. The molecule has 4 rings (SSSR count). The molecule has 0 spiro atoms. The molecule has 2 atom stereocenters. The highest BCUT2D eigenvalue weighted by Gasteiger charge is 2.33. The van der Waals surface area contributed by atoms with E-state index in [4.69, 9.17) is 0 Å². The number of fused-ring (bicyclic) bond motifs is 1. The van der Waals surface area contributed by atoms with Gasteiger partial charge in [-0.05, 0) is 58.3 Å². The summed E-state index contributed by atoms with van der Waals surface area (Å²) in [7, 11) is 0. The lowest BCUT2D eigenvalue weighted by Gasteiger charge is -2.43. The Labute approximate surface area is 157 Å². The lowest BCUT2D eigenvalue weighted by Crippen LogP contribution is -2.56. The lowest BCUT2D eigenvalue weighted by atomic mass is 9.85. The Morgan fingerprint density at radius 1 is 0.875 bits per heavy atom. The van der Waals surface area contributed by atoms with Crippen molar-refractivity contribution in [2.75, 3.05) is 31.1 Å². The molecule has 1 aliphatic heterocycles.